The number of amides is 4. The second-order valence-electron chi connectivity index (χ2n) is 9.71. The van der Waals surface area contributed by atoms with Gasteiger partial charge in [-0.25, -0.2) is 14.5 Å². The Hall–Kier alpha value is -2.82. The Morgan fingerprint density at radius 2 is 1.74 bits per heavy atom. The van der Waals surface area contributed by atoms with E-state index in [-0.39, 0.29) is 82.2 Å². The zero-order valence-electron chi connectivity index (χ0n) is 26.0. The monoisotopic (exact) mass is 801 g/mol. The van der Waals surface area contributed by atoms with E-state index in [9.17, 15) is 55.5 Å². The van der Waals surface area contributed by atoms with Crippen LogP contribution in [0.2, 0.25) is 0 Å². The number of β-lactam (4-membered cyclic amide) rings is 1. The number of hydrogen-bond donors (Lipinski definition) is 5. The summed E-state index contributed by atoms with van der Waals surface area (Å²) >= 11 is 6.20. The fraction of sp³-hybridized carbons (Fsp3) is 0.318. The number of carbonyl (C=O) groups is 5. The van der Waals surface area contributed by atoms with E-state index < -0.39 is 88.7 Å². The molecule has 0 aliphatic carbocycles. The van der Waals surface area contributed by atoms with Crippen LogP contribution in [0.1, 0.15) is 25.1 Å². The number of thiazole rings is 1. The minimum absolute atomic E-state index is 0. The molecule has 3 rings (SSSR count). The number of nitro benzene ring substituents is 1. The number of oxime groups is 1. The Morgan fingerprint density at radius 1 is 1.14 bits per heavy atom. The first-order chi connectivity index (χ1) is 22.1. The predicted octanol–water partition coefficient (Wildman–Crippen LogP) is -1.87. The number of nitro groups is 1. The van der Waals surface area contributed by atoms with Gasteiger partial charge in [-0.3, -0.25) is 38.4 Å². The van der Waals surface area contributed by atoms with Crippen LogP contribution in [0, 0.1) is 10.1 Å². The first-order valence-corrected chi connectivity index (χ1v) is 16.8. The second-order valence-corrected chi connectivity index (χ2v) is 13.3. The Morgan fingerprint density at radius 3 is 2.26 bits per heavy atom. The summed E-state index contributed by atoms with van der Waals surface area (Å²) < 4.78 is 69.5. The van der Waals surface area contributed by atoms with Gasteiger partial charge in [-0.2, -0.15) is 21.1 Å². The Bertz CT molecular complexity index is 1910. The molecule has 0 unspecified atom stereocenters. The average Bonchev–Trinajstić information content (AvgIpc) is 3.43. The van der Waals surface area contributed by atoms with Gasteiger partial charge in [-0.05, 0) is 31.5 Å². The second kappa shape index (κ2) is 18.1. The SMILES string of the molecule is CC(C)(ON=C(C(=O)N[C@@H]1C(=O)N(S(=O)(=O)O)[C@@H]1C(=O)NS(=O)(=O)O)c1csc(NC(=O)CCl)n1)C(=O)OCc1ccc([N+](=O)[O-])cc1.[Na].[Na]. The molecule has 50 heavy (non-hydrogen) atoms. The molecule has 2 aromatic rings. The van der Waals surface area contributed by atoms with E-state index in [1.807, 2.05) is 5.32 Å². The minimum atomic E-state index is -5.49. The van der Waals surface area contributed by atoms with Gasteiger partial charge < -0.3 is 20.2 Å². The number of rotatable bonds is 14. The van der Waals surface area contributed by atoms with Gasteiger partial charge in [0.1, 0.15) is 24.2 Å². The van der Waals surface area contributed by atoms with Crippen molar-refractivity contribution in [2.75, 3.05) is 11.2 Å². The number of carbonyl (C=O) groups excluding carboxylic acids is 5. The van der Waals surface area contributed by atoms with Crippen molar-refractivity contribution in [2.24, 2.45) is 5.16 Å². The zero-order valence-corrected chi connectivity index (χ0v) is 33.3. The van der Waals surface area contributed by atoms with Crippen LogP contribution >= 0.6 is 22.9 Å². The molecule has 0 bridgehead atoms. The van der Waals surface area contributed by atoms with Gasteiger partial charge in [0.2, 0.25) is 11.5 Å². The Labute approximate surface area is 335 Å². The molecule has 1 fully saturated rings. The van der Waals surface area contributed by atoms with Gasteiger partial charge in [0.25, 0.3) is 23.4 Å². The molecule has 0 saturated carbocycles. The van der Waals surface area contributed by atoms with Crippen molar-refractivity contribution < 1.29 is 64.4 Å². The number of hydrogen-bond acceptors (Lipinski definition) is 16. The number of aromatic nitrogens is 1. The summed E-state index contributed by atoms with van der Waals surface area (Å²) in [5.74, 6) is -7.15. The molecular formula is C22H22ClN7Na2O15S3. The Kier molecular flexibility index (Phi) is 16.4. The minimum Gasteiger partial charge on any atom is -0.458 e. The van der Waals surface area contributed by atoms with E-state index >= 15 is 0 Å². The Balaban J connectivity index is 0.00000625. The summed E-state index contributed by atoms with van der Waals surface area (Å²) in [5, 5.41) is 19.7. The molecule has 2 heterocycles. The summed E-state index contributed by atoms with van der Waals surface area (Å²) in [5.41, 5.74) is -3.04. The van der Waals surface area contributed by atoms with Crippen molar-refractivity contribution >= 4 is 149 Å². The smallest absolute Gasteiger partial charge is 0.363 e. The molecule has 1 aliphatic rings. The van der Waals surface area contributed by atoms with Crippen LogP contribution in [0.25, 0.3) is 0 Å². The van der Waals surface area contributed by atoms with E-state index in [1.54, 1.807) is 0 Å². The van der Waals surface area contributed by atoms with Gasteiger partial charge in [-0.1, -0.05) is 5.16 Å². The number of benzene rings is 1. The average molecular weight is 802 g/mol. The first-order valence-electron chi connectivity index (χ1n) is 12.5. The number of nitrogens with one attached hydrogen (secondary N) is 3. The molecule has 4 amide bonds. The zero-order chi connectivity index (χ0) is 36.2. The molecule has 22 nitrogen and oxygen atoms in total. The molecule has 262 valence electrons. The summed E-state index contributed by atoms with van der Waals surface area (Å²) in [4.78, 5) is 82.1. The third kappa shape index (κ3) is 11.9. The summed E-state index contributed by atoms with van der Waals surface area (Å²) in [6, 6.07) is 0.405. The summed E-state index contributed by atoms with van der Waals surface area (Å²) in [7, 11) is -10.8. The van der Waals surface area contributed by atoms with Crippen molar-refractivity contribution in [3.63, 3.8) is 0 Å². The molecule has 28 heteroatoms. The number of nitrogens with zero attached hydrogens (tertiary/aromatic N) is 4. The number of non-ortho nitro benzene ring substituents is 1. The molecule has 5 N–H and O–H groups in total. The third-order valence-corrected chi connectivity index (χ3v) is 8.15. The van der Waals surface area contributed by atoms with Gasteiger partial charge in [0.05, 0.1) is 4.92 Å². The van der Waals surface area contributed by atoms with Crippen LogP contribution in [0.15, 0.2) is 34.8 Å². The maximum atomic E-state index is 13.4. The van der Waals surface area contributed by atoms with Gasteiger partial charge in [0, 0.05) is 76.6 Å². The summed E-state index contributed by atoms with van der Waals surface area (Å²) in [6.07, 6.45) is 0. The quantitative estimate of drug-likeness (QED) is 0.0204. The number of halogens is 1. The number of alkyl halides is 1. The molecule has 2 atom stereocenters. The van der Waals surface area contributed by atoms with E-state index in [1.165, 1.54) is 24.3 Å². The number of esters is 1. The van der Waals surface area contributed by atoms with Crippen LogP contribution in [-0.2, 0) is 60.8 Å². The maximum Gasteiger partial charge on any atom is 0.363 e. The molecule has 1 aliphatic heterocycles. The van der Waals surface area contributed by atoms with Crippen molar-refractivity contribution in [3.05, 3.63) is 51.0 Å². The largest absolute Gasteiger partial charge is 0.458 e. The standard InChI is InChI=1S/C22H22ClN7O15S3.2Na/c1-22(2,20(35)44-8-10-3-5-11(6-4-10)30(36)37)45-27-14(12-9-46-21(24-12)25-13(31)7-23)17(32)26-15-16(18(33)28-47(38,39)40)29(19(15)34)48(41,42)43;;/h3-6,9,15-16H,7-8H2,1-2H3,(H,26,32)(H,28,33)(H,24,25,31)(H,38,39,40)(H,41,42,43);;/t15-,16-;;/m0../s1. The fourth-order valence-electron chi connectivity index (χ4n) is 3.55. The first kappa shape index (κ1) is 45.2. The third-order valence-electron chi connectivity index (χ3n) is 5.79. The fourth-order valence-corrected chi connectivity index (χ4v) is 5.54. The van der Waals surface area contributed by atoms with Gasteiger partial charge in [-0.15, -0.1) is 22.9 Å². The van der Waals surface area contributed by atoms with Crippen LogP contribution in [0.5, 0.6) is 0 Å². The number of anilines is 1. The van der Waals surface area contributed by atoms with Crippen molar-refractivity contribution in [2.45, 2.75) is 38.1 Å². The van der Waals surface area contributed by atoms with Crippen molar-refractivity contribution in [1.82, 2.24) is 19.3 Å². The van der Waals surface area contributed by atoms with E-state index in [0.29, 0.717) is 5.56 Å². The topological polar surface area (TPSA) is 320 Å². The van der Waals surface area contributed by atoms with Gasteiger partial charge in [0.15, 0.2) is 16.9 Å². The molecule has 1 saturated heterocycles. The maximum absolute atomic E-state index is 13.4. The van der Waals surface area contributed by atoms with Crippen LogP contribution in [0.3, 0.4) is 0 Å². The van der Waals surface area contributed by atoms with Crippen molar-refractivity contribution in [1.29, 1.82) is 0 Å². The summed E-state index contributed by atoms with van der Waals surface area (Å²) in [6.45, 7) is 1.95. The van der Waals surface area contributed by atoms with Crippen LogP contribution < -0.4 is 15.4 Å². The van der Waals surface area contributed by atoms with Gasteiger partial charge >= 0.3 is 26.6 Å². The van der Waals surface area contributed by atoms with Crippen LogP contribution in [-0.4, -0.2) is 158 Å². The van der Waals surface area contributed by atoms with Crippen LogP contribution in [0.4, 0.5) is 10.8 Å². The van der Waals surface area contributed by atoms with E-state index in [2.05, 4.69) is 15.5 Å². The van der Waals surface area contributed by atoms with E-state index in [0.717, 1.165) is 35.3 Å². The van der Waals surface area contributed by atoms with E-state index in [4.69, 9.17) is 25.7 Å². The molecule has 1 aromatic carbocycles. The predicted molar refractivity (Wildman–Crippen MR) is 171 cm³/mol. The molecule has 0 spiro atoms. The number of ether oxygens (including phenoxy) is 1. The molecule has 1 aromatic heterocycles. The normalized spacial score (nSPS) is 16.1. The molecular weight excluding hydrogens is 780 g/mol. The van der Waals surface area contributed by atoms with Crippen molar-refractivity contribution in [3.8, 4) is 0 Å². The molecule has 2 radical (unpaired) electrons.